The quantitative estimate of drug-likeness (QED) is 0.857. The number of aromatic nitrogens is 4. The standard InChI is InChI=1S/C14H20N6O2/c1-14(2,3)22-13(21)20-8-6-19(7-9-20)11-5-4-10-12(15-11)17-18-16-10/h4-5H,6-9H2,1-3H3,(H,15,16,17,18). The van der Waals surface area contributed by atoms with Crippen molar-refractivity contribution in [2.75, 3.05) is 31.1 Å². The summed E-state index contributed by atoms with van der Waals surface area (Å²) in [5, 5.41) is 10.5. The Balaban J connectivity index is 1.62. The van der Waals surface area contributed by atoms with Gasteiger partial charge in [0.05, 0.1) is 0 Å². The van der Waals surface area contributed by atoms with Crippen LogP contribution in [0.25, 0.3) is 11.2 Å². The molecule has 8 nitrogen and oxygen atoms in total. The van der Waals surface area contributed by atoms with E-state index in [1.807, 2.05) is 32.9 Å². The van der Waals surface area contributed by atoms with Crippen LogP contribution in [0.5, 0.6) is 0 Å². The minimum atomic E-state index is -0.465. The molecule has 1 fully saturated rings. The molecule has 2 aromatic heterocycles. The van der Waals surface area contributed by atoms with E-state index in [9.17, 15) is 4.79 Å². The van der Waals surface area contributed by atoms with E-state index in [1.165, 1.54) is 0 Å². The largest absolute Gasteiger partial charge is 0.444 e. The summed E-state index contributed by atoms with van der Waals surface area (Å²) in [6.07, 6.45) is -0.257. The third kappa shape index (κ3) is 3.10. The summed E-state index contributed by atoms with van der Waals surface area (Å²) in [6.45, 7) is 8.29. The fraction of sp³-hybridized carbons (Fsp3) is 0.571. The van der Waals surface area contributed by atoms with E-state index in [1.54, 1.807) is 4.90 Å². The van der Waals surface area contributed by atoms with E-state index < -0.39 is 5.60 Å². The minimum absolute atomic E-state index is 0.257. The van der Waals surface area contributed by atoms with Gasteiger partial charge in [0.25, 0.3) is 0 Å². The summed E-state index contributed by atoms with van der Waals surface area (Å²) in [5.74, 6) is 0.852. The molecule has 3 heterocycles. The van der Waals surface area contributed by atoms with E-state index in [0.29, 0.717) is 18.7 Å². The second kappa shape index (κ2) is 5.43. The van der Waals surface area contributed by atoms with Crippen molar-refractivity contribution in [1.82, 2.24) is 25.3 Å². The van der Waals surface area contributed by atoms with Crippen LogP contribution in [0.3, 0.4) is 0 Å². The summed E-state index contributed by atoms with van der Waals surface area (Å²) in [4.78, 5) is 20.4. The van der Waals surface area contributed by atoms with Crippen LogP contribution in [0.15, 0.2) is 12.1 Å². The Hall–Kier alpha value is -2.38. The van der Waals surface area contributed by atoms with Crippen molar-refractivity contribution in [2.24, 2.45) is 0 Å². The van der Waals surface area contributed by atoms with Gasteiger partial charge < -0.3 is 14.5 Å². The summed E-state index contributed by atoms with van der Waals surface area (Å²) < 4.78 is 5.40. The van der Waals surface area contributed by atoms with Gasteiger partial charge >= 0.3 is 6.09 Å². The first kappa shape index (κ1) is 14.6. The Labute approximate surface area is 128 Å². The highest BCUT2D eigenvalue weighted by Gasteiger charge is 2.26. The summed E-state index contributed by atoms with van der Waals surface area (Å²) in [5.41, 5.74) is 0.886. The van der Waals surface area contributed by atoms with Gasteiger partial charge in [0.1, 0.15) is 16.9 Å². The van der Waals surface area contributed by atoms with E-state index in [2.05, 4.69) is 25.3 Å². The van der Waals surface area contributed by atoms with Crippen molar-refractivity contribution in [3.63, 3.8) is 0 Å². The van der Waals surface area contributed by atoms with Crippen LogP contribution in [0.1, 0.15) is 20.8 Å². The van der Waals surface area contributed by atoms with Gasteiger partial charge in [-0.25, -0.2) is 9.78 Å². The fourth-order valence-corrected chi connectivity index (χ4v) is 2.35. The number of carbonyl (C=O) groups is 1. The maximum absolute atomic E-state index is 12.0. The van der Waals surface area contributed by atoms with Gasteiger partial charge in [-0.2, -0.15) is 10.3 Å². The van der Waals surface area contributed by atoms with Crippen molar-refractivity contribution in [3.05, 3.63) is 12.1 Å². The smallest absolute Gasteiger partial charge is 0.410 e. The Morgan fingerprint density at radius 2 is 1.91 bits per heavy atom. The Morgan fingerprint density at radius 3 is 2.59 bits per heavy atom. The molecule has 1 aliphatic heterocycles. The number of nitrogens with one attached hydrogen (secondary N) is 1. The molecule has 118 valence electrons. The average molecular weight is 304 g/mol. The maximum atomic E-state index is 12.0. The number of rotatable bonds is 1. The molecule has 2 aromatic rings. The molecule has 8 heteroatoms. The third-order valence-corrected chi connectivity index (χ3v) is 3.42. The first-order valence-electron chi connectivity index (χ1n) is 7.33. The molecular formula is C14H20N6O2. The van der Waals surface area contributed by atoms with Crippen LogP contribution in [0.2, 0.25) is 0 Å². The Morgan fingerprint density at radius 1 is 1.18 bits per heavy atom. The number of aromatic amines is 1. The van der Waals surface area contributed by atoms with E-state index in [-0.39, 0.29) is 6.09 Å². The number of carbonyl (C=O) groups excluding carboxylic acids is 1. The number of piperazine rings is 1. The van der Waals surface area contributed by atoms with Gasteiger partial charge in [0, 0.05) is 26.2 Å². The summed E-state index contributed by atoms with van der Waals surface area (Å²) in [7, 11) is 0. The molecular weight excluding hydrogens is 284 g/mol. The highest BCUT2D eigenvalue weighted by Crippen LogP contribution is 2.18. The molecule has 22 heavy (non-hydrogen) atoms. The number of H-pyrrole nitrogens is 1. The van der Waals surface area contributed by atoms with E-state index in [4.69, 9.17) is 4.74 Å². The number of ether oxygens (including phenoxy) is 1. The zero-order valence-corrected chi connectivity index (χ0v) is 13.0. The monoisotopic (exact) mass is 304 g/mol. The first-order valence-corrected chi connectivity index (χ1v) is 7.33. The average Bonchev–Trinajstić information content (AvgIpc) is 2.93. The first-order chi connectivity index (χ1) is 10.4. The zero-order valence-electron chi connectivity index (χ0n) is 13.0. The predicted octanol–water partition coefficient (Wildman–Crippen LogP) is 1.41. The van der Waals surface area contributed by atoms with Gasteiger partial charge in [-0.3, -0.25) is 0 Å². The molecule has 0 bridgehead atoms. The Kier molecular flexibility index (Phi) is 3.59. The number of nitrogens with zero attached hydrogens (tertiary/aromatic N) is 5. The van der Waals surface area contributed by atoms with Crippen LogP contribution in [0.4, 0.5) is 10.6 Å². The lowest BCUT2D eigenvalue weighted by Crippen LogP contribution is -2.50. The predicted molar refractivity (Wildman–Crippen MR) is 81.7 cm³/mol. The molecule has 1 amide bonds. The molecule has 0 radical (unpaired) electrons. The van der Waals surface area contributed by atoms with Crippen LogP contribution >= 0.6 is 0 Å². The minimum Gasteiger partial charge on any atom is -0.444 e. The van der Waals surface area contributed by atoms with Crippen molar-refractivity contribution < 1.29 is 9.53 Å². The van der Waals surface area contributed by atoms with Crippen LogP contribution in [-0.4, -0.2) is 63.2 Å². The van der Waals surface area contributed by atoms with Crippen molar-refractivity contribution in [3.8, 4) is 0 Å². The van der Waals surface area contributed by atoms with E-state index in [0.717, 1.165) is 24.4 Å². The molecule has 0 aromatic carbocycles. The maximum Gasteiger partial charge on any atom is 0.410 e. The summed E-state index contributed by atoms with van der Waals surface area (Å²) in [6, 6.07) is 3.81. The van der Waals surface area contributed by atoms with Crippen LogP contribution < -0.4 is 4.90 Å². The second-order valence-corrected chi connectivity index (χ2v) is 6.29. The lowest BCUT2D eigenvalue weighted by molar-refractivity contribution is 0.0240. The molecule has 0 unspecified atom stereocenters. The molecule has 0 atom stereocenters. The highest BCUT2D eigenvalue weighted by molar-refractivity contribution is 5.72. The SMILES string of the molecule is CC(C)(C)OC(=O)N1CCN(c2ccc3n[nH]nc3n2)CC1. The molecule has 0 aliphatic carbocycles. The number of anilines is 1. The van der Waals surface area contributed by atoms with Gasteiger partial charge in [0.2, 0.25) is 5.65 Å². The van der Waals surface area contributed by atoms with Crippen LogP contribution in [0, 0.1) is 0 Å². The van der Waals surface area contributed by atoms with E-state index >= 15 is 0 Å². The Bertz CT molecular complexity index is 669. The van der Waals surface area contributed by atoms with Gasteiger partial charge in [-0.05, 0) is 32.9 Å². The van der Waals surface area contributed by atoms with Crippen molar-refractivity contribution in [2.45, 2.75) is 26.4 Å². The number of hydrogen-bond acceptors (Lipinski definition) is 6. The zero-order chi connectivity index (χ0) is 15.7. The summed E-state index contributed by atoms with van der Waals surface area (Å²) >= 11 is 0. The molecule has 1 saturated heterocycles. The van der Waals surface area contributed by atoms with Crippen molar-refractivity contribution >= 4 is 23.1 Å². The lowest BCUT2D eigenvalue weighted by Gasteiger charge is -2.36. The number of pyridine rings is 1. The van der Waals surface area contributed by atoms with Crippen LogP contribution in [-0.2, 0) is 4.74 Å². The second-order valence-electron chi connectivity index (χ2n) is 6.29. The number of fused-ring (bicyclic) bond motifs is 1. The van der Waals surface area contributed by atoms with Gasteiger partial charge in [-0.1, -0.05) is 0 Å². The topological polar surface area (TPSA) is 87.2 Å². The fourth-order valence-electron chi connectivity index (χ4n) is 2.35. The molecule has 0 saturated carbocycles. The molecule has 1 N–H and O–H groups in total. The lowest BCUT2D eigenvalue weighted by atomic mass is 10.2. The molecule has 1 aliphatic rings. The van der Waals surface area contributed by atoms with Crippen molar-refractivity contribution in [1.29, 1.82) is 0 Å². The highest BCUT2D eigenvalue weighted by atomic mass is 16.6. The number of amides is 1. The normalized spacial score (nSPS) is 16.1. The molecule has 3 rings (SSSR count). The third-order valence-electron chi connectivity index (χ3n) is 3.42. The molecule has 0 spiro atoms. The van der Waals surface area contributed by atoms with Gasteiger partial charge in [0.15, 0.2) is 0 Å². The van der Waals surface area contributed by atoms with Gasteiger partial charge in [-0.15, -0.1) is 5.10 Å². The number of hydrogen-bond donors (Lipinski definition) is 1.